The Morgan fingerprint density at radius 2 is 2.32 bits per heavy atom. The molecule has 0 aliphatic rings. The number of thiazole rings is 1. The summed E-state index contributed by atoms with van der Waals surface area (Å²) in [5.74, 6) is -0.387. The maximum Gasteiger partial charge on any atom is 0.357 e. The molecule has 5 heteroatoms. The lowest BCUT2D eigenvalue weighted by molar-refractivity contribution is 0.0520. The van der Waals surface area contributed by atoms with Gasteiger partial charge < -0.3 is 10.5 Å². The first-order valence-electron chi connectivity index (χ1n) is 5.85. The van der Waals surface area contributed by atoms with Gasteiger partial charge in [0.15, 0.2) is 5.69 Å². The van der Waals surface area contributed by atoms with Crippen LogP contribution < -0.4 is 5.73 Å². The number of benzene rings is 1. The molecule has 1 aromatic heterocycles. The number of aromatic nitrogens is 1. The smallest absolute Gasteiger partial charge is 0.357 e. The predicted octanol–water partition coefficient (Wildman–Crippen LogP) is 3.07. The monoisotopic (exact) mass is 274 g/mol. The van der Waals surface area contributed by atoms with E-state index in [1.165, 1.54) is 11.3 Å². The number of nitrogens with zero attached hydrogens (tertiary/aromatic N) is 1. The number of hydrogen-bond donors (Lipinski definition) is 1. The van der Waals surface area contributed by atoms with E-state index < -0.39 is 0 Å². The molecular weight excluding hydrogens is 260 g/mol. The van der Waals surface area contributed by atoms with Gasteiger partial charge in [0.25, 0.3) is 0 Å². The second-order valence-corrected chi connectivity index (χ2v) is 4.68. The first kappa shape index (κ1) is 13.3. The first-order valence-corrected chi connectivity index (χ1v) is 6.73. The van der Waals surface area contributed by atoms with E-state index in [1.54, 1.807) is 12.3 Å². The summed E-state index contributed by atoms with van der Waals surface area (Å²) in [4.78, 5) is 15.7. The Balaban J connectivity index is 2.09. The van der Waals surface area contributed by atoms with Gasteiger partial charge in [-0.15, -0.1) is 11.3 Å². The van der Waals surface area contributed by atoms with Crippen molar-refractivity contribution in [3.05, 3.63) is 45.9 Å². The molecule has 2 aromatic rings. The molecule has 0 unspecified atom stereocenters. The van der Waals surface area contributed by atoms with Gasteiger partial charge in [-0.2, -0.15) is 0 Å². The number of carbonyl (C=O) groups excluding carboxylic acids is 1. The van der Waals surface area contributed by atoms with E-state index in [2.05, 4.69) is 4.98 Å². The number of nitrogens with two attached hydrogens (primary N) is 1. The Kier molecular flexibility index (Phi) is 4.30. The zero-order valence-corrected chi connectivity index (χ0v) is 11.3. The number of esters is 1. The summed E-state index contributed by atoms with van der Waals surface area (Å²) in [6.07, 6.45) is 3.76. The zero-order valence-electron chi connectivity index (χ0n) is 10.5. The van der Waals surface area contributed by atoms with Crippen LogP contribution in [0.1, 0.15) is 28.0 Å². The summed E-state index contributed by atoms with van der Waals surface area (Å²) >= 11 is 1.40. The van der Waals surface area contributed by atoms with E-state index in [9.17, 15) is 4.79 Å². The Morgan fingerprint density at radius 3 is 3.05 bits per heavy atom. The molecule has 0 fully saturated rings. The van der Waals surface area contributed by atoms with Gasteiger partial charge in [-0.25, -0.2) is 9.78 Å². The van der Waals surface area contributed by atoms with Crippen molar-refractivity contribution in [1.29, 1.82) is 0 Å². The topological polar surface area (TPSA) is 65.2 Å². The van der Waals surface area contributed by atoms with E-state index in [0.717, 1.165) is 10.6 Å². The van der Waals surface area contributed by atoms with Crippen LogP contribution in [0.4, 0.5) is 5.69 Å². The third-order valence-electron chi connectivity index (χ3n) is 2.34. The molecule has 0 radical (unpaired) electrons. The van der Waals surface area contributed by atoms with Gasteiger partial charge in [0.2, 0.25) is 0 Å². The molecule has 0 amide bonds. The molecule has 0 bridgehead atoms. The molecule has 98 valence electrons. The molecule has 0 aliphatic carbocycles. The van der Waals surface area contributed by atoms with Crippen molar-refractivity contribution in [2.75, 3.05) is 12.3 Å². The average Bonchev–Trinajstić information content (AvgIpc) is 2.86. The summed E-state index contributed by atoms with van der Waals surface area (Å²) in [5, 5.41) is 2.45. The molecule has 1 heterocycles. The molecule has 2 N–H and O–H groups in total. The number of carbonyl (C=O) groups is 1. The second kappa shape index (κ2) is 6.15. The molecule has 2 rings (SSSR count). The van der Waals surface area contributed by atoms with E-state index in [0.29, 0.717) is 18.0 Å². The molecule has 4 nitrogen and oxygen atoms in total. The normalized spacial score (nSPS) is 10.8. The van der Waals surface area contributed by atoms with E-state index in [4.69, 9.17) is 10.5 Å². The molecule has 19 heavy (non-hydrogen) atoms. The van der Waals surface area contributed by atoms with Crippen molar-refractivity contribution < 1.29 is 9.53 Å². The Labute approximate surface area is 115 Å². The van der Waals surface area contributed by atoms with Crippen LogP contribution in [0.2, 0.25) is 0 Å². The highest BCUT2D eigenvalue weighted by Gasteiger charge is 2.09. The number of rotatable bonds is 4. The van der Waals surface area contributed by atoms with Crippen LogP contribution in [0.15, 0.2) is 29.6 Å². The SMILES string of the molecule is CCOC(=O)c1csc(C=Cc2cccc(N)c2)n1. The fraction of sp³-hybridized carbons (Fsp3) is 0.143. The van der Waals surface area contributed by atoms with Gasteiger partial charge in [0.05, 0.1) is 6.61 Å². The molecule has 0 saturated carbocycles. The average molecular weight is 274 g/mol. The Bertz CT molecular complexity index is 605. The highest BCUT2D eigenvalue weighted by Crippen LogP contribution is 2.15. The van der Waals surface area contributed by atoms with Crippen LogP contribution in [-0.2, 0) is 4.74 Å². The number of nitrogen functional groups attached to an aromatic ring is 1. The maximum absolute atomic E-state index is 11.5. The van der Waals surface area contributed by atoms with Crippen molar-refractivity contribution in [3.63, 3.8) is 0 Å². The Morgan fingerprint density at radius 1 is 1.47 bits per heavy atom. The van der Waals surface area contributed by atoms with Gasteiger partial charge >= 0.3 is 5.97 Å². The minimum Gasteiger partial charge on any atom is -0.461 e. The van der Waals surface area contributed by atoms with Gasteiger partial charge in [0.1, 0.15) is 5.01 Å². The summed E-state index contributed by atoms with van der Waals surface area (Å²) in [6.45, 7) is 2.12. The lowest BCUT2D eigenvalue weighted by atomic mass is 10.2. The summed E-state index contributed by atoms with van der Waals surface area (Å²) in [5.41, 5.74) is 7.75. The fourth-order valence-corrected chi connectivity index (χ4v) is 2.17. The number of anilines is 1. The molecule has 0 aliphatic heterocycles. The highest BCUT2D eigenvalue weighted by atomic mass is 32.1. The van der Waals surface area contributed by atoms with Crippen LogP contribution in [0.25, 0.3) is 12.2 Å². The van der Waals surface area contributed by atoms with Crippen LogP contribution in [0, 0.1) is 0 Å². The second-order valence-electron chi connectivity index (χ2n) is 3.79. The zero-order chi connectivity index (χ0) is 13.7. The highest BCUT2D eigenvalue weighted by molar-refractivity contribution is 7.10. The molecule has 1 aromatic carbocycles. The van der Waals surface area contributed by atoms with E-state index in [-0.39, 0.29) is 5.97 Å². The number of hydrogen-bond acceptors (Lipinski definition) is 5. The molecule has 0 atom stereocenters. The van der Waals surface area contributed by atoms with Crippen molar-refractivity contribution in [2.24, 2.45) is 0 Å². The lowest BCUT2D eigenvalue weighted by Crippen LogP contribution is -2.04. The van der Waals surface area contributed by atoms with Crippen molar-refractivity contribution >= 4 is 35.1 Å². The van der Waals surface area contributed by atoms with Crippen molar-refractivity contribution in [2.45, 2.75) is 6.92 Å². The van der Waals surface area contributed by atoms with Crippen LogP contribution >= 0.6 is 11.3 Å². The quantitative estimate of drug-likeness (QED) is 0.687. The minimum atomic E-state index is -0.387. The molecular formula is C14H14N2O2S. The molecule has 0 spiro atoms. The predicted molar refractivity (Wildman–Crippen MR) is 77.9 cm³/mol. The molecule has 0 saturated heterocycles. The minimum absolute atomic E-state index is 0.346. The van der Waals surface area contributed by atoms with Crippen LogP contribution in [0.5, 0.6) is 0 Å². The lowest BCUT2D eigenvalue weighted by Gasteiger charge is -1.96. The van der Waals surface area contributed by atoms with Gasteiger partial charge in [-0.1, -0.05) is 18.2 Å². The van der Waals surface area contributed by atoms with Gasteiger partial charge in [0, 0.05) is 11.1 Å². The third kappa shape index (κ3) is 3.66. The number of ether oxygens (including phenoxy) is 1. The van der Waals surface area contributed by atoms with Gasteiger partial charge in [-0.3, -0.25) is 0 Å². The Hall–Kier alpha value is -2.14. The standard InChI is InChI=1S/C14H14N2O2S/c1-2-18-14(17)12-9-19-13(16-12)7-6-10-4-3-5-11(15)8-10/h3-9H,2,15H2,1H3. The largest absolute Gasteiger partial charge is 0.461 e. The summed E-state index contributed by atoms with van der Waals surface area (Å²) < 4.78 is 4.88. The first-order chi connectivity index (χ1) is 9.19. The maximum atomic E-state index is 11.5. The van der Waals surface area contributed by atoms with E-state index >= 15 is 0 Å². The van der Waals surface area contributed by atoms with Crippen molar-refractivity contribution in [3.8, 4) is 0 Å². The van der Waals surface area contributed by atoms with E-state index in [1.807, 2.05) is 36.4 Å². The van der Waals surface area contributed by atoms with Crippen LogP contribution in [-0.4, -0.2) is 17.6 Å². The third-order valence-corrected chi connectivity index (χ3v) is 3.15. The summed E-state index contributed by atoms with van der Waals surface area (Å²) in [7, 11) is 0. The van der Waals surface area contributed by atoms with Gasteiger partial charge in [-0.05, 0) is 30.7 Å². The summed E-state index contributed by atoms with van der Waals surface area (Å²) in [6, 6.07) is 7.55. The van der Waals surface area contributed by atoms with Crippen molar-refractivity contribution in [1.82, 2.24) is 4.98 Å². The van der Waals surface area contributed by atoms with Crippen LogP contribution in [0.3, 0.4) is 0 Å². The fourth-order valence-electron chi connectivity index (χ4n) is 1.49.